The molecule has 1 saturated heterocycles. The van der Waals surface area contributed by atoms with Crippen molar-refractivity contribution in [3.8, 4) is 5.75 Å². The highest BCUT2D eigenvalue weighted by atomic mass is 16.6. The van der Waals surface area contributed by atoms with Gasteiger partial charge in [0.25, 0.3) is 0 Å². The average Bonchev–Trinajstić information content (AvgIpc) is 3.35. The minimum atomic E-state index is -1.93. The van der Waals surface area contributed by atoms with Crippen LogP contribution in [0.2, 0.25) is 0 Å². The van der Waals surface area contributed by atoms with Gasteiger partial charge in [-0.15, -0.1) is 0 Å². The third kappa shape index (κ3) is 1.69. The lowest BCUT2D eigenvalue weighted by Crippen LogP contribution is -2.59. The number of ketones is 2. The number of aromatic hydroxyl groups is 1. The molecule has 1 aliphatic heterocycles. The van der Waals surface area contributed by atoms with Crippen LogP contribution in [0.25, 0.3) is 0 Å². The van der Waals surface area contributed by atoms with E-state index < -0.39 is 35.6 Å². The number of aliphatic hydroxyl groups is 2. The van der Waals surface area contributed by atoms with Gasteiger partial charge in [0.1, 0.15) is 29.7 Å². The van der Waals surface area contributed by atoms with E-state index in [1.54, 1.807) is 0 Å². The van der Waals surface area contributed by atoms with Crippen LogP contribution >= 0.6 is 0 Å². The van der Waals surface area contributed by atoms with Crippen LogP contribution in [0.4, 0.5) is 0 Å². The second kappa shape index (κ2) is 4.58. The lowest BCUT2D eigenvalue weighted by Gasteiger charge is -2.46. The van der Waals surface area contributed by atoms with E-state index >= 15 is 0 Å². The molecule has 0 saturated carbocycles. The largest absolute Gasteiger partial charge is 0.508 e. The summed E-state index contributed by atoms with van der Waals surface area (Å²) >= 11 is 0. The number of Topliss-reactive ketones (excluding diaryl/α,β-unsaturated/α-hetero) is 2. The Morgan fingerprint density at radius 2 is 2.00 bits per heavy atom. The van der Waals surface area contributed by atoms with Crippen molar-refractivity contribution in [2.75, 3.05) is 0 Å². The predicted octanol–water partition coefficient (Wildman–Crippen LogP) is 1.05. The van der Waals surface area contributed by atoms with E-state index in [9.17, 15) is 24.9 Å². The van der Waals surface area contributed by atoms with Gasteiger partial charge in [0.2, 0.25) is 0 Å². The van der Waals surface area contributed by atoms with Crippen LogP contribution in [0.15, 0.2) is 29.3 Å². The normalized spacial score (nSPS) is 41.6. The van der Waals surface area contributed by atoms with E-state index in [2.05, 4.69) is 0 Å². The highest BCUT2D eigenvalue weighted by Gasteiger charge is 2.71. The average molecular weight is 342 g/mol. The molecule has 3 N–H and O–H groups in total. The summed E-state index contributed by atoms with van der Waals surface area (Å²) in [7, 11) is 0. The van der Waals surface area contributed by atoms with Crippen molar-refractivity contribution in [2.45, 2.75) is 43.7 Å². The number of ether oxygens (including phenoxy) is 1. The summed E-state index contributed by atoms with van der Waals surface area (Å²) in [5.41, 5.74) is -0.645. The highest BCUT2D eigenvalue weighted by Crippen LogP contribution is 2.60. The molecule has 25 heavy (non-hydrogen) atoms. The Balaban J connectivity index is 1.77. The smallest absolute Gasteiger partial charge is 0.174 e. The Kier molecular flexibility index (Phi) is 2.79. The summed E-state index contributed by atoms with van der Waals surface area (Å²) in [5.74, 6) is -1.82. The number of phenols is 1. The third-order valence-corrected chi connectivity index (χ3v) is 6.11. The lowest BCUT2D eigenvalue weighted by molar-refractivity contribution is -0.130. The minimum Gasteiger partial charge on any atom is -0.508 e. The number of hydrogen-bond acceptors (Lipinski definition) is 6. The number of benzene rings is 1. The number of epoxide rings is 1. The van der Waals surface area contributed by atoms with Gasteiger partial charge in [0.05, 0.1) is 5.92 Å². The van der Waals surface area contributed by atoms with Crippen LogP contribution in [0.3, 0.4) is 0 Å². The standard InChI is InChI=1S/C19H18O6/c1-7-5-9-12(11(21)6-7)14-15(22)8-3-2-4-10(20)13(8)17(23)19(14,24)18-16(9)25-18/h2-4,7,14,16-18,20,23-24H,5-6H2,1H3/t7-,14-,16-,17-,18+,19+/m0/s1. The first-order chi connectivity index (χ1) is 11.9. The molecule has 6 nitrogen and oxygen atoms in total. The molecule has 1 aromatic carbocycles. The van der Waals surface area contributed by atoms with Crippen molar-refractivity contribution in [1.29, 1.82) is 0 Å². The number of aliphatic hydroxyl groups excluding tert-OH is 1. The molecular weight excluding hydrogens is 324 g/mol. The first-order valence-corrected chi connectivity index (χ1v) is 8.53. The maximum Gasteiger partial charge on any atom is 0.174 e. The number of fused-ring (bicyclic) bond motifs is 6. The molecule has 1 heterocycles. The van der Waals surface area contributed by atoms with Crippen molar-refractivity contribution in [3.63, 3.8) is 0 Å². The minimum absolute atomic E-state index is 0.0150. The van der Waals surface area contributed by atoms with Gasteiger partial charge in [0, 0.05) is 23.1 Å². The van der Waals surface area contributed by atoms with Crippen LogP contribution in [0.1, 0.15) is 41.8 Å². The zero-order valence-corrected chi connectivity index (χ0v) is 13.6. The summed E-state index contributed by atoms with van der Waals surface area (Å²) < 4.78 is 5.64. The predicted molar refractivity (Wildman–Crippen MR) is 84.9 cm³/mol. The Morgan fingerprint density at radius 3 is 2.76 bits per heavy atom. The van der Waals surface area contributed by atoms with Gasteiger partial charge in [-0.2, -0.15) is 0 Å². The maximum atomic E-state index is 13.2. The van der Waals surface area contributed by atoms with Crippen LogP contribution in [-0.4, -0.2) is 44.7 Å². The van der Waals surface area contributed by atoms with Crippen molar-refractivity contribution in [3.05, 3.63) is 40.5 Å². The van der Waals surface area contributed by atoms with Gasteiger partial charge in [-0.25, -0.2) is 0 Å². The van der Waals surface area contributed by atoms with Gasteiger partial charge in [-0.1, -0.05) is 19.1 Å². The molecule has 0 unspecified atom stereocenters. The summed E-state index contributed by atoms with van der Waals surface area (Å²) in [5, 5.41) is 32.3. The first kappa shape index (κ1) is 15.3. The van der Waals surface area contributed by atoms with E-state index in [1.165, 1.54) is 18.2 Å². The molecule has 1 aromatic rings. The maximum absolute atomic E-state index is 13.2. The van der Waals surface area contributed by atoms with E-state index in [-0.39, 0.29) is 28.6 Å². The quantitative estimate of drug-likeness (QED) is 0.608. The summed E-state index contributed by atoms with van der Waals surface area (Å²) in [6.07, 6.45) is -1.69. The van der Waals surface area contributed by atoms with Gasteiger partial charge >= 0.3 is 0 Å². The molecule has 1 fully saturated rings. The molecule has 0 bridgehead atoms. The van der Waals surface area contributed by atoms with Crippen molar-refractivity contribution < 1.29 is 29.6 Å². The SMILES string of the molecule is C[C@@H]1CC(=O)C2=C(C1)[C@@H]1O[C@H]1[C@@]1(O)[C@@H]2C(=O)c2cccc(O)c2[C@@H]1O. The first-order valence-electron chi connectivity index (χ1n) is 8.53. The Bertz CT molecular complexity index is 871. The van der Waals surface area contributed by atoms with Crippen LogP contribution in [0.5, 0.6) is 5.75 Å². The number of carbonyl (C=O) groups excluding carboxylic acids is 2. The highest BCUT2D eigenvalue weighted by molar-refractivity contribution is 6.11. The fraction of sp³-hybridized carbons (Fsp3) is 0.474. The van der Waals surface area contributed by atoms with Gasteiger partial charge in [-0.3, -0.25) is 9.59 Å². The number of rotatable bonds is 0. The van der Waals surface area contributed by atoms with Crippen LogP contribution in [-0.2, 0) is 9.53 Å². The second-order valence-corrected chi connectivity index (χ2v) is 7.68. The van der Waals surface area contributed by atoms with E-state index in [1.807, 2.05) is 6.92 Å². The Hall–Kier alpha value is -2.02. The van der Waals surface area contributed by atoms with E-state index in [4.69, 9.17) is 4.74 Å². The fourth-order valence-corrected chi connectivity index (χ4v) is 5.00. The summed E-state index contributed by atoms with van der Waals surface area (Å²) in [6.45, 7) is 1.98. The lowest BCUT2D eigenvalue weighted by atomic mass is 9.58. The zero-order valence-electron chi connectivity index (χ0n) is 13.6. The summed E-state index contributed by atoms with van der Waals surface area (Å²) in [4.78, 5) is 25.9. The molecule has 0 radical (unpaired) electrons. The van der Waals surface area contributed by atoms with E-state index in [0.29, 0.717) is 18.4 Å². The van der Waals surface area contributed by atoms with Crippen molar-refractivity contribution in [2.24, 2.45) is 11.8 Å². The van der Waals surface area contributed by atoms with Crippen molar-refractivity contribution in [1.82, 2.24) is 0 Å². The third-order valence-electron chi connectivity index (χ3n) is 6.11. The number of carbonyl (C=O) groups is 2. The van der Waals surface area contributed by atoms with Gasteiger partial charge < -0.3 is 20.1 Å². The second-order valence-electron chi connectivity index (χ2n) is 7.68. The molecule has 0 amide bonds. The number of phenolic OH excluding ortho intramolecular Hbond substituents is 1. The molecule has 6 atom stereocenters. The molecule has 5 rings (SSSR count). The van der Waals surface area contributed by atoms with Gasteiger partial charge in [-0.05, 0) is 24.0 Å². The van der Waals surface area contributed by atoms with Crippen molar-refractivity contribution >= 4 is 11.6 Å². The molecule has 4 aliphatic rings. The molecule has 6 heteroatoms. The molecular formula is C19H18O6. The van der Waals surface area contributed by atoms with Crippen LogP contribution in [0, 0.1) is 11.8 Å². The Labute approximate surface area is 143 Å². The van der Waals surface area contributed by atoms with E-state index in [0.717, 1.165) is 5.57 Å². The zero-order chi connectivity index (χ0) is 17.7. The summed E-state index contributed by atoms with van der Waals surface area (Å²) in [6, 6.07) is 4.39. The molecule has 0 spiro atoms. The monoisotopic (exact) mass is 342 g/mol. The van der Waals surface area contributed by atoms with Gasteiger partial charge in [0.15, 0.2) is 11.6 Å². The number of hydrogen-bond donors (Lipinski definition) is 3. The topological polar surface area (TPSA) is 107 Å². The van der Waals surface area contributed by atoms with Crippen LogP contribution < -0.4 is 0 Å². The molecule has 3 aliphatic carbocycles. The molecule has 130 valence electrons. The Morgan fingerprint density at radius 1 is 1.24 bits per heavy atom. The fourth-order valence-electron chi connectivity index (χ4n) is 5.00. The molecule has 0 aromatic heterocycles.